The molecule has 0 amide bonds. The van der Waals surface area contributed by atoms with E-state index in [9.17, 15) is 15.2 Å². The molecule has 0 unspecified atom stereocenters. The van der Waals surface area contributed by atoms with Gasteiger partial charge in [-0.25, -0.2) is 0 Å². The Morgan fingerprint density at radius 3 is 2.63 bits per heavy atom. The van der Waals surface area contributed by atoms with Crippen molar-refractivity contribution >= 4 is 11.4 Å². The van der Waals surface area contributed by atoms with Crippen LogP contribution < -0.4 is 10.6 Å². The Kier molecular flexibility index (Phi) is 3.73. The molecule has 3 N–H and O–H groups in total. The van der Waals surface area contributed by atoms with Crippen molar-refractivity contribution in [2.45, 2.75) is 25.3 Å². The number of aryl methyl sites for hydroxylation is 1. The van der Waals surface area contributed by atoms with E-state index < -0.39 is 5.54 Å². The standard InChI is InChI=1S/C13H19N3O3/c1-10-2-3-11(12(8-10)16(18)19)15-6-4-13(14,9-17)5-7-15/h2-3,8,17H,4-7,9,14H2,1H3. The number of nitrogens with zero attached hydrogens (tertiary/aromatic N) is 2. The molecule has 6 nitrogen and oxygen atoms in total. The quantitative estimate of drug-likeness (QED) is 0.632. The van der Waals surface area contributed by atoms with Crippen molar-refractivity contribution in [3.63, 3.8) is 0 Å². The molecule has 1 fully saturated rings. The van der Waals surface area contributed by atoms with Crippen molar-refractivity contribution in [1.29, 1.82) is 0 Å². The minimum Gasteiger partial charge on any atom is -0.394 e. The Balaban J connectivity index is 2.22. The largest absolute Gasteiger partial charge is 0.394 e. The van der Waals surface area contributed by atoms with Crippen molar-refractivity contribution in [2.24, 2.45) is 5.73 Å². The number of anilines is 1. The van der Waals surface area contributed by atoms with E-state index in [0.717, 1.165) is 5.56 Å². The number of nitro benzene ring substituents is 1. The lowest BCUT2D eigenvalue weighted by Gasteiger charge is -2.38. The van der Waals surface area contributed by atoms with Crippen molar-refractivity contribution in [2.75, 3.05) is 24.6 Å². The average molecular weight is 265 g/mol. The third kappa shape index (κ3) is 2.85. The van der Waals surface area contributed by atoms with Crippen molar-refractivity contribution in [3.05, 3.63) is 33.9 Å². The lowest BCUT2D eigenvalue weighted by molar-refractivity contribution is -0.384. The van der Waals surface area contributed by atoms with Gasteiger partial charge >= 0.3 is 0 Å². The van der Waals surface area contributed by atoms with Crippen LogP contribution in [0.4, 0.5) is 11.4 Å². The molecule has 0 aliphatic carbocycles. The molecule has 2 rings (SSSR count). The Bertz CT molecular complexity index is 482. The van der Waals surface area contributed by atoms with Crippen LogP contribution in [0.5, 0.6) is 0 Å². The second-order valence-corrected chi connectivity index (χ2v) is 5.26. The third-order valence-corrected chi connectivity index (χ3v) is 3.74. The summed E-state index contributed by atoms with van der Waals surface area (Å²) < 4.78 is 0. The van der Waals surface area contributed by atoms with Crippen LogP contribution in [0.15, 0.2) is 18.2 Å². The van der Waals surface area contributed by atoms with Crippen LogP contribution in [0, 0.1) is 17.0 Å². The van der Waals surface area contributed by atoms with Crippen LogP contribution in [0.2, 0.25) is 0 Å². The summed E-state index contributed by atoms with van der Waals surface area (Å²) in [6.07, 6.45) is 1.27. The molecule has 0 saturated carbocycles. The van der Waals surface area contributed by atoms with E-state index in [1.807, 2.05) is 17.9 Å². The van der Waals surface area contributed by atoms with E-state index in [-0.39, 0.29) is 17.2 Å². The first-order valence-corrected chi connectivity index (χ1v) is 6.35. The van der Waals surface area contributed by atoms with Gasteiger partial charge in [-0.3, -0.25) is 10.1 Å². The van der Waals surface area contributed by atoms with Gasteiger partial charge in [-0.15, -0.1) is 0 Å². The van der Waals surface area contributed by atoms with Crippen molar-refractivity contribution in [1.82, 2.24) is 0 Å². The monoisotopic (exact) mass is 265 g/mol. The van der Waals surface area contributed by atoms with Crippen LogP contribution in [-0.4, -0.2) is 35.3 Å². The van der Waals surface area contributed by atoms with E-state index in [4.69, 9.17) is 5.73 Å². The van der Waals surface area contributed by atoms with Gasteiger partial charge in [0.15, 0.2) is 0 Å². The summed E-state index contributed by atoms with van der Waals surface area (Å²) in [7, 11) is 0. The fourth-order valence-electron chi connectivity index (χ4n) is 2.40. The highest BCUT2D eigenvalue weighted by Gasteiger charge is 2.32. The van der Waals surface area contributed by atoms with E-state index in [0.29, 0.717) is 31.6 Å². The van der Waals surface area contributed by atoms with E-state index >= 15 is 0 Å². The molecule has 19 heavy (non-hydrogen) atoms. The maximum absolute atomic E-state index is 11.1. The molecule has 104 valence electrons. The highest BCUT2D eigenvalue weighted by Crippen LogP contribution is 2.32. The molecule has 1 aliphatic rings. The summed E-state index contributed by atoms with van der Waals surface area (Å²) in [5.41, 5.74) is 7.10. The Morgan fingerprint density at radius 2 is 2.11 bits per heavy atom. The zero-order valence-electron chi connectivity index (χ0n) is 11.0. The minimum atomic E-state index is -0.546. The fraction of sp³-hybridized carbons (Fsp3) is 0.538. The average Bonchev–Trinajstić information content (AvgIpc) is 2.40. The molecular formula is C13H19N3O3. The summed E-state index contributed by atoms with van der Waals surface area (Å²) >= 11 is 0. The third-order valence-electron chi connectivity index (χ3n) is 3.74. The Labute approximate surface area is 112 Å². The molecule has 0 atom stereocenters. The predicted molar refractivity (Wildman–Crippen MR) is 73.3 cm³/mol. The van der Waals surface area contributed by atoms with Crippen LogP contribution in [0.1, 0.15) is 18.4 Å². The molecule has 1 saturated heterocycles. The SMILES string of the molecule is Cc1ccc(N2CCC(N)(CO)CC2)c([N+](=O)[O-])c1. The van der Waals surface area contributed by atoms with Crippen LogP contribution in [-0.2, 0) is 0 Å². The fourth-order valence-corrected chi connectivity index (χ4v) is 2.40. The summed E-state index contributed by atoms with van der Waals surface area (Å²) in [5.74, 6) is 0. The first-order chi connectivity index (χ1) is 8.95. The lowest BCUT2D eigenvalue weighted by atomic mass is 9.89. The number of piperidine rings is 1. The van der Waals surface area contributed by atoms with Crippen LogP contribution in [0.25, 0.3) is 0 Å². The number of nitrogens with two attached hydrogens (primary N) is 1. The second-order valence-electron chi connectivity index (χ2n) is 5.26. The first kappa shape index (κ1) is 13.8. The summed E-state index contributed by atoms with van der Waals surface area (Å²) in [6.45, 7) is 3.04. The number of hydrogen-bond donors (Lipinski definition) is 2. The normalized spacial score (nSPS) is 18.4. The van der Waals surface area contributed by atoms with Gasteiger partial charge in [-0.2, -0.15) is 0 Å². The van der Waals surface area contributed by atoms with Gasteiger partial charge in [0.2, 0.25) is 0 Å². The van der Waals surface area contributed by atoms with Crippen molar-refractivity contribution in [3.8, 4) is 0 Å². The summed E-state index contributed by atoms with van der Waals surface area (Å²) in [4.78, 5) is 12.7. The van der Waals surface area contributed by atoms with Crippen molar-refractivity contribution < 1.29 is 10.0 Å². The molecule has 1 heterocycles. The number of aliphatic hydroxyl groups is 1. The maximum atomic E-state index is 11.1. The topological polar surface area (TPSA) is 92.6 Å². The summed E-state index contributed by atoms with van der Waals surface area (Å²) in [5, 5.41) is 20.3. The minimum absolute atomic E-state index is 0.0448. The lowest BCUT2D eigenvalue weighted by Crippen LogP contribution is -2.53. The molecular weight excluding hydrogens is 246 g/mol. The molecule has 0 aromatic heterocycles. The summed E-state index contributed by atoms with van der Waals surface area (Å²) in [6, 6.07) is 5.25. The van der Waals surface area contributed by atoms with E-state index in [1.165, 1.54) is 0 Å². The number of aliphatic hydroxyl groups excluding tert-OH is 1. The van der Waals surface area contributed by atoms with E-state index in [1.54, 1.807) is 12.1 Å². The van der Waals surface area contributed by atoms with Gasteiger partial charge < -0.3 is 15.7 Å². The number of hydrogen-bond acceptors (Lipinski definition) is 5. The Hall–Kier alpha value is -1.66. The van der Waals surface area contributed by atoms with Gasteiger partial charge in [-0.05, 0) is 31.4 Å². The molecule has 1 aliphatic heterocycles. The van der Waals surface area contributed by atoms with Gasteiger partial charge in [-0.1, -0.05) is 6.07 Å². The highest BCUT2D eigenvalue weighted by atomic mass is 16.6. The molecule has 6 heteroatoms. The second kappa shape index (κ2) is 5.14. The molecule has 1 aromatic rings. The van der Waals surface area contributed by atoms with E-state index in [2.05, 4.69) is 0 Å². The molecule has 0 spiro atoms. The molecule has 0 radical (unpaired) electrons. The predicted octanol–water partition coefficient (Wildman–Crippen LogP) is 1.19. The first-order valence-electron chi connectivity index (χ1n) is 6.35. The van der Waals surface area contributed by atoms with Gasteiger partial charge in [0, 0.05) is 24.7 Å². The Morgan fingerprint density at radius 1 is 1.47 bits per heavy atom. The van der Waals surface area contributed by atoms with Gasteiger partial charge in [0.05, 0.1) is 11.5 Å². The molecule has 0 bridgehead atoms. The smallest absolute Gasteiger partial charge is 0.292 e. The number of rotatable bonds is 3. The number of nitro groups is 1. The van der Waals surface area contributed by atoms with Gasteiger partial charge in [0.25, 0.3) is 5.69 Å². The maximum Gasteiger partial charge on any atom is 0.292 e. The van der Waals surface area contributed by atoms with Gasteiger partial charge in [0.1, 0.15) is 5.69 Å². The van der Waals surface area contributed by atoms with Crippen LogP contribution in [0.3, 0.4) is 0 Å². The zero-order chi connectivity index (χ0) is 14.0. The van der Waals surface area contributed by atoms with Crippen LogP contribution >= 0.6 is 0 Å². The zero-order valence-corrected chi connectivity index (χ0v) is 11.0. The molecule has 1 aromatic carbocycles. The number of benzene rings is 1. The highest BCUT2D eigenvalue weighted by molar-refractivity contribution is 5.64.